The van der Waals surface area contributed by atoms with Crippen LogP contribution in [0.4, 0.5) is 0 Å². The molecule has 1 atom stereocenters. The summed E-state index contributed by atoms with van der Waals surface area (Å²) in [6.45, 7) is 6.89. The van der Waals surface area contributed by atoms with Crippen molar-refractivity contribution in [3.05, 3.63) is 19.9 Å². The van der Waals surface area contributed by atoms with Crippen molar-refractivity contribution in [2.75, 3.05) is 13.1 Å². The Morgan fingerprint density at radius 1 is 1.44 bits per heavy atom. The molecule has 1 heterocycles. The Morgan fingerprint density at radius 2 is 2.06 bits per heavy atom. The molecule has 0 fully saturated rings. The van der Waals surface area contributed by atoms with Gasteiger partial charge in [0, 0.05) is 18.5 Å². The van der Waals surface area contributed by atoms with Gasteiger partial charge in [0.1, 0.15) is 6.04 Å². The Kier molecular flexibility index (Phi) is 6.07. The number of nitrogens with one attached hydrogen (secondary N) is 1. The molecule has 6 heteroatoms. The molecule has 0 saturated heterocycles. The normalized spacial score (nSPS) is 12.0. The largest absolute Gasteiger partial charge is 0.341 e. The highest BCUT2D eigenvalue weighted by molar-refractivity contribution is 14.1. The Morgan fingerprint density at radius 3 is 2.50 bits per heavy atom. The van der Waals surface area contributed by atoms with Gasteiger partial charge in [-0.25, -0.2) is 0 Å². The lowest BCUT2D eigenvalue weighted by molar-refractivity contribution is -0.132. The predicted molar refractivity (Wildman–Crippen MR) is 81.9 cm³/mol. The Bertz CT molecular complexity index is 429. The van der Waals surface area contributed by atoms with Gasteiger partial charge in [0.15, 0.2) is 0 Å². The molecular formula is C12H17IN2O2S. The van der Waals surface area contributed by atoms with Gasteiger partial charge in [0.25, 0.3) is 5.91 Å². The maximum absolute atomic E-state index is 12.0. The number of likely N-dealkylation sites (N-methyl/N-ethyl adjacent to an activating group) is 1. The number of halogens is 1. The van der Waals surface area contributed by atoms with Gasteiger partial charge in [-0.1, -0.05) is 0 Å². The van der Waals surface area contributed by atoms with Gasteiger partial charge < -0.3 is 10.2 Å². The lowest BCUT2D eigenvalue weighted by Crippen LogP contribution is -2.46. The van der Waals surface area contributed by atoms with Gasteiger partial charge in [-0.2, -0.15) is 0 Å². The Labute approximate surface area is 125 Å². The van der Waals surface area contributed by atoms with E-state index in [-0.39, 0.29) is 11.8 Å². The highest BCUT2D eigenvalue weighted by atomic mass is 127. The zero-order valence-corrected chi connectivity index (χ0v) is 13.7. The topological polar surface area (TPSA) is 49.4 Å². The molecule has 1 unspecified atom stereocenters. The lowest BCUT2D eigenvalue weighted by Gasteiger charge is -2.23. The molecule has 2 amide bonds. The number of nitrogens with zero attached hydrogens (tertiary/aromatic N) is 1. The van der Waals surface area contributed by atoms with E-state index in [1.165, 1.54) is 11.3 Å². The van der Waals surface area contributed by atoms with E-state index >= 15 is 0 Å². The average molecular weight is 380 g/mol. The number of carbonyl (C=O) groups is 2. The Balaban J connectivity index is 2.62. The highest BCUT2D eigenvalue weighted by Gasteiger charge is 2.20. The molecule has 0 aliphatic heterocycles. The number of amides is 2. The van der Waals surface area contributed by atoms with Crippen LogP contribution in [0.25, 0.3) is 0 Å². The van der Waals surface area contributed by atoms with Crippen LogP contribution < -0.4 is 5.32 Å². The van der Waals surface area contributed by atoms with Crippen molar-refractivity contribution < 1.29 is 9.59 Å². The summed E-state index contributed by atoms with van der Waals surface area (Å²) in [5, 5.41) is 4.53. The van der Waals surface area contributed by atoms with Crippen LogP contribution in [0.2, 0.25) is 0 Å². The van der Waals surface area contributed by atoms with E-state index in [1.54, 1.807) is 17.2 Å². The van der Waals surface area contributed by atoms with Crippen LogP contribution in [0.1, 0.15) is 31.1 Å². The van der Waals surface area contributed by atoms with Gasteiger partial charge in [0.2, 0.25) is 5.91 Å². The summed E-state index contributed by atoms with van der Waals surface area (Å²) in [4.78, 5) is 25.6. The third kappa shape index (κ3) is 3.94. The summed E-state index contributed by atoms with van der Waals surface area (Å²) in [7, 11) is 0. The number of rotatable bonds is 5. The number of hydrogen-bond donors (Lipinski definition) is 1. The number of thiophene rings is 1. The fraction of sp³-hybridized carbons (Fsp3) is 0.500. The molecule has 1 aromatic rings. The number of carbonyl (C=O) groups excluding carboxylic acids is 2. The molecule has 4 nitrogen and oxygen atoms in total. The summed E-state index contributed by atoms with van der Waals surface area (Å²) in [5.74, 6) is -0.236. The van der Waals surface area contributed by atoms with Crippen LogP contribution in [0.5, 0.6) is 0 Å². The van der Waals surface area contributed by atoms with Crippen molar-refractivity contribution >= 4 is 45.7 Å². The zero-order valence-electron chi connectivity index (χ0n) is 10.7. The molecule has 0 spiro atoms. The van der Waals surface area contributed by atoms with Gasteiger partial charge >= 0.3 is 0 Å². The molecule has 0 aliphatic rings. The van der Waals surface area contributed by atoms with Crippen LogP contribution >= 0.6 is 33.9 Å². The first-order valence-corrected chi connectivity index (χ1v) is 7.79. The highest BCUT2D eigenvalue weighted by Crippen LogP contribution is 2.16. The van der Waals surface area contributed by atoms with Crippen LogP contribution in [0.3, 0.4) is 0 Å². The summed E-state index contributed by atoms with van der Waals surface area (Å²) in [5.41, 5.74) is 0.614. The van der Waals surface area contributed by atoms with E-state index in [2.05, 4.69) is 27.9 Å². The molecule has 100 valence electrons. The van der Waals surface area contributed by atoms with E-state index in [0.717, 1.165) is 2.88 Å². The smallest absolute Gasteiger partial charge is 0.252 e. The third-order valence-corrected chi connectivity index (χ3v) is 4.41. The fourth-order valence-corrected chi connectivity index (χ4v) is 2.91. The van der Waals surface area contributed by atoms with Crippen LogP contribution in [-0.4, -0.2) is 35.8 Å². The summed E-state index contributed by atoms with van der Waals surface area (Å²) >= 11 is 3.68. The average Bonchev–Trinajstić information content (AvgIpc) is 2.77. The summed E-state index contributed by atoms with van der Waals surface area (Å²) < 4.78 is 1.06. The van der Waals surface area contributed by atoms with Crippen LogP contribution in [-0.2, 0) is 4.79 Å². The predicted octanol–water partition coefficient (Wildman–Crippen LogP) is 2.34. The van der Waals surface area contributed by atoms with Crippen molar-refractivity contribution in [3.8, 4) is 0 Å². The minimum absolute atomic E-state index is 0.0433. The van der Waals surface area contributed by atoms with Crippen LogP contribution in [0, 0.1) is 2.88 Å². The second kappa shape index (κ2) is 7.08. The molecule has 1 N–H and O–H groups in total. The van der Waals surface area contributed by atoms with E-state index in [1.807, 2.05) is 19.9 Å². The van der Waals surface area contributed by atoms with Gasteiger partial charge in [-0.3, -0.25) is 9.59 Å². The minimum atomic E-state index is -0.491. The van der Waals surface area contributed by atoms with Crippen LogP contribution in [0.15, 0.2) is 11.4 Å². The molecule has 0 aromatic carbocycles. The molecule has 1 rings (SSSR count). The van der Waals surface area contributed by atoms with Crippen molar-refractivity contribution in [3.63, 3.8) is 0 Å². The van der Waals surface area contributed by atoms with E-state index < -0.39 is 6.04 Å². The molecule has 0 bridgehead atoms. The summed E-state index contributed by atoms with van der Waals surface area (Å²) in [6.07, 6.45) is 0. The van der Waals surface area contributed by atoms with Gasteiger partial charge in [0.05, 0.1) is 8.45 Å². The van der Waals surface area contributed by atoms with E-state index in [9.17, 15) is 9.59 Å². The maximum Gasteiger partial charge on any atom is 0.252 e. The van der Waals surface area contributed by atoms with Gasteiger partial charge in [-0.15, -0.1) is 11.3 Å². The van der Waals surface area contributed by atoms with Crippen molar-refractivity contribution in [1.82, 2.24) is 10.2 Å². The Hall–Kier alpha value is -0.630. The molecule has 0 aliphatic carbocycles. The first kappa shape index (κ1) is 15.4. The third-order valence-electron chi connectivity index (χ3n) is 2.62. The van der Waals surface area contributed by atoms with Crippen molar-refractivity contribution in [1.29, 1.82) is 0 Å². The molecular weight excluding hydrogens is 363 g/mol. The fourth-order valence-electron chi connectivity index (χ4n) is 1.58. The van der Waals surface area contributed by atoms with Crippen molar-refractivity contribution in [2.45, 2.75) is 26.8 Å². The molecule has 1 aromatic heterocycles. The molecule has 0 radical (unpaired) electrons. The second-order valence-electron chi connectivity index (χ2n) is 3.85. The van der Waals surface area contributed by atoms with Crippen molar-refractivity contribution in [2.24, 2.45) is 0 Å². The molecule has 0 saturated carbocycles. The first-order chi connectivity index (χ1) is 8.49. The van der Waals surface area contributed by atoms with E-state index in [4.69, 9.17) is 0 Å². The zero-order chi connectivity index (χ0) is 13.7. The minimum Gasteiger partial charge on any atom is -0.341 e. The second-order valence-corrected chi connectivity index (χ2v) is 6.65. The quantitative estimate of drug-likeness (QED) is 0.798. The maximum atomic E-state index is 12.0. The standard InChI is InChI=1S/C12H17IN2O2S/c1-4-15(5-2)12(17)8(3)14-11(16)9-6-10(13)18-7-9/h6-8H,4-5H2,1-3H3,(H,14,16). The van der Waals surface area contributed by atoms with E-state index in [0.29, 0.717) is 18.7 Å². The first-order valence-electron chi connectivity index (χ1n) is 5.83. The summed E-state index contributed by atoms with van der Waals surface area (Å²) in [6, 6.07) is 1.32. The van der Waals surface area contributed by atoms with Gasteiger partial charge in [-0.05, 0) is 49.4 Å². The molecule has 18 heavy (non-hydrogen) atoms. The monoisotopic (exact) mass is 380 g/mol. The number of hydrogen-bond acceptors (Lipinski definition) is 3. The lowest BCUT2D eigenvalue weighted by atomic mass is 10.2. The SMILES string of the molecule is CCN(CC)C(=O)C(C)NC(=O)c1csc(I)c1.